The van der Waals surface area contributed by atoms with Gasteiger partial charge in [0.05, 0.1) is 25.0 Å². The van der Waals surface area contributed by atoms with E-state index in [0.717, 1.165) is 12.8 Å². The fourth-order valence-electron chi connectivity index (χ4n) is 2.76. The van der Waals surface area contributed by atoms with Gasteiger partial charge in [-0.25, -0.2) is 0 Å². The summed E-state index contributed by atoms with van der Waals surface area (Å²) < 4.78 is 5.25. The minimum Gasteiger partial charge on any atom is -0.495 e. The molecular formula is C16H19N3O3. The fourth-order valence-corrected chi connectivity index (χ4v) is 2.76. The summed E-state index contributed by atoms with van der Waals surface area (Å²) in [5, 5.41) is 9.08. The van der Waals surface area contributed by atoms with Crippen molar-refractivity contribution in [1.82, 2.24) is 4.90 Å². The lowest BCUT2D eigenvalue weighted by Gasteiger charge is -2.31. The highest BCUT2D eigenvalue weighted by atomic mass is 16.5. The summed E-state index contributed by atoms with van der Waals surface area (Å²) in [5.41, 5.74) is 6.41. The molecule has 2 N–H and O–H groups in total. The predicted molar refractivity (Wildman–Crippen MR) is 79.9 cm³/mol. The smallest absolute Gasteiger partial charge is 0.227 e. The number of amides is 2. The second kappa shape index (κ2) is 6.94. The standard InChI is InChI=1S/C16H19N3O3/c1-22-15-11(4-2-5-12(15)9-17)8-14(20)19-7-3-6-13(10-19)16(18)21/h2,4-5,13H,3,6-8,10H2,1H3,(H2,18,21)/t13-/m0/s1. The molecule has 0 saturated carbocycles. The number of nitrogens with two attached hydrogens (primary N) is 1. The summed E-state index contributed by atoms with van der Waals surface area (Å²) in [6, 6.07) is 7.20. The van der Waals surface area contributed by atoms with E-state index >= 15 is 0 Å². The van der Waals surface area contributed by atoms with Gasteiger partial charge in [0.1, 0.15) is 11.8 Å². The number of carbonyl (C=O) groups excluding carboxylic acids is 2. The number of rotatable bonds is 4. The molecule has 6 nitrogen and oxygen atoms in total. The number of carbonyl (C=O) groups is 2. The van der Waals surface area contributed by atoms with Gasteiger partial charge in [-0.15, -0.1) is 0 Å². The molecule has 2 amide bonds. The number of benzene rings is 1. The highest BCUT2D eigenvalue weighted by Gasteiger charge is 2.27. The Labute approximate surface area is 129 Å². The lowest BCUT2D eigenvalue weighted by Crippen LogP contribution is -2.44. The Kier molecular flexibility index (Phi) is 4.99. The van der Waals surface area contributed by atoms with E-state index in [1.54, 1.807) is 23.1 Å². The third-order valence-electron chi connectivity index (χ3n) is 3.94. The first-order chi connectivity index (χ1) is 10.6. The minimum atomic E-state index is -0.360. The van der Waals surface area contributed by atoms with Crippen molar-refractivity contribution in [2.45, 2.75) is 19.3 Å². The first-order valence-corrected chi connectivity index (χ1v) is 7.20. The molecule has 0 bridgehead atoms. The number of hydrogen-bond donors (Lipinski definition) is 1. The fraction of sp³-hybridized carbons (Fsp3) is 0.438. The number of hydrogen-bond acceptors (Lipinski definition) is 4. The maximum atomic E-state index is 12.4. The van der Waals surface area contributed by atoms with Crippen molar-refractivity contribution in [3.8, 4) is 11.8 Å². The first-order valence-electron chi connectivity index (χ1n) is 7.20. The normalized spacial score (nSPS) is 17.6. The van der Waals surface area contributed by atoms with Gasteiger partial charge in [0.2, 0.25) is 11.8 Å². The topological polar surface area (TPSA) is 96.4 Å². The van der Waals surface area contributed by atoms with Crippen molar-refractivity contribution in [2.75, 3.05) is 20.2 Å². The molecule has 1 aliphatic heterocycles. The molecule has 2 rings (SSSR count). The van der Waals surface area contributed by atoms with Gasteiger partial charge in [0, 0.05) is 18.7 Å². The Bertz CT molecular complexity index is 622. The van der Waals surface area contributed by atoms with Crippen LogP contribution in [-0.2, 0) is 16.0 Å². The number of primary amides is 1. The SMILES string of the molecule is COc1c(C#N)cccc1CC(=O)N1CCC[C@H](C(N)=O)C1. The van der Waals surface area contributed by atoms with Gasteiger partial charge in [0.25, 0.3) is 0 Å². The third kappa shape index (κ3) is 3.37. The summed E-state index contributed by atoms with van der Waals surface area (Å²) in [4.78, 5) is 25.4. The molecule has 22 heavy (non-hydrogen) atoms. The van der Waals surface area contributed by atoms with Crippen LogP contribution in [-0.4, -0.2) is 36.9 Å². The highest BCUT2D eigenvalue weighted by molar-refractivity contribution is 5.82. The first kappa shape index (κ1) is 15.8. The molecule has 1 heterocycles. The van der Waals surface area contributed by atoms with Crippen LogP contribution in [0.2, 0.25) is 0 Å². The van der Waals surface area contributed by atoms with Crippen LogP contribution in [0.25, 0.3) is 0 Å². The maximum absolute atomic E-state index is 12.4. The molecule has 0 aliphatic carbocycles. The Morgan fingerprint density at radius 1 is 1.50 bits per heavy atom. The van der Waals surface area contributed by atoms with Crippen LogP contribution < -0.4 is 10.5 Å². The molecule has 1 fully saturated rings. The second-order valence-electron chi connectivity index (χ2n) is 5.37. The van der Waals surface area contributed by atoms with E-state index in [-0.39, 0.29) is 24.2 Å². The highest BCUT2D eigenvalue weighted by Crippen LogP contribution is 2.25. The van der Waals surface area contributed by atoms with Crippen LogP contribution in [0.4, 0.5) is 0 Å². The van der Waals surface area contributed by atoms with E-state index in [1.807, 2.05) is 0 Å². The van der Waals surface area contributed by atoms with Crippen LogP contribution in [0.15, 0.2) is 18.2 Å². The van der Waals surface area contributed by atoms with Gasteiger partial charge >= 0.3 is 0 Å². The average Bonchev–Trinajstić information content (AvgIpc) is 2.54. The molecule has 0 unspecified atom stereocenters. The van der Waals surface area contributed by atoms with E-state index in [2.05, 4.69) is 6.07 Å². The van der Waals surface area contributed by atoms with Crippen molar-refractivity contribution >= 4 is 11.8 Å². The van der Waals surface area contributed by atoms with Crippen molar-refractivity contribution in [3.05, 3.63) is 29.3 Å². The Hall–Kier alpha value is -2.55. The van der Waals surface area contributed by atoms with Crippen LogP contribution in [0, 0.1) is 17.2 Å². The zero-order chi connectivity index (χ0) is 16.1. The van der Waals surface area contributed by atoms with Gasteiger partial charge in [-0.3, -0.25) is 9.59 Å². The summed E-state index contributed by atoms with van der Waals surface area (Å²) in [6.45, 7) is 0.997. The number of likely N-dealkylation sites (tertiary alicyclic amines) is 1. The largest absolute Gasteiger partial charge is 0.495 e. The van der Waals surface area contributed by atoms with Crippen molar-refractivity contribution in [2.24, 2.45) is 11.7 Å². The van der Waals surface area contributed by atoms with Gasteiger partial charge < -0.3 is 15.4 Å². The van der Waals surface area contributed by atoms with Crippen molar-refractivity contribution < 1.29 is 14.3 Å². The van der Waals surface area contributed by atoms with E-state index < -0.39 is 0 Å². The Morgan fingerprint density at radius 3 is 2.91 bits per heavy atom. The van der Waals surface area contributed by atoms with Crippen LogP contribution in [0.3, 0.4) is 0 Å². The van der Waals surface area contributed by atoms with Crippen molar-refractivity contribution in [3.63, 3.8) is 0 Å². The molecule has 116 valence electrons. The van der Waals surface area contributed by atoms with Crippen LogP contribution in [0.1, 0.15) is 24.0 Å². The third-order valence-corrected chi connectivity index (χ3v) is 3.94. The molecule has 0 spiro atoms. The molecule has 6 heteroatoms. The summed E-state index contributed by atoms with van der Waals surface area (Å²) in [6.07, 6.45) is 1.64. The molecule has 1 atom stereocenters. The Balaban J connectivity index is 2.12. The quantitative estimate of drug-likeness (QED) is 0.891. The number of nitrogens with zero attached hydrogens (tertiary/aromatic N) is 2. The van der Waals surface area contributed by atoms with Gasteiger partial charge in [-0.1, -0.05) is 12.1 Å². The molecular weight excluding hydrogens is 282 g/mol. The van der Waals surface area contributed by atoms with Gasteiger partial charge in [-0.05, 0) is 18.9 Å². The van der Waals surface area contributed by atoms with Gasteiger partial charge in [0.15, 0.2) is 0 Å². The lowest BCUT2D eigenvalue weighted by molar-refractivity contribution is -0.134. The van der Waals surface area contributed by atoms with E-state index in [9.17, 15) is 9.59 Å². The molecule has 0 radical (unpaired) electrons. The summed E-state index contributed by atoms with van der Waals surface area (Å²) in [7, 11) is 1.48. The van der Waals surface area contributed by atoms with E-state index in [1.165, 1.54) is 7.11 Å². The molecule has 1 aromatic rings. The second-order valence-corrected chi connectivity index (χ2v) is 5.37. The zero-order valence-corrected chi connectivity index (χ0v) is 12.5. The van der Waals surface area contributed by atoms with Gasteiger partial charge in [-0.2, -0.15) is 5.26 Å². The average molecular weight is 301 g/mol. The predicted octanol–water partition coefficient (Wildman–Crippen LogP) is 0.833. The number of para-hydroxylation sites is 1. The van der Waals surface area contributed by atoms with Crippen LogP contribution >= 0.6 is 0 Å². The summed E-state index contributed by atoms with van der Waals surface area (Å²) >= 11 is 0. The minimum absolute atomic E-state index is 0.0839. The number of piperidine rings is 1. The number of nitriles is 1. The lowest BCUT2D eigenvalue weighted by atomic mass is 9.96. The molecule has 1 aliphatic rings. The number of methoxy groups -OCH3 is 1. The van der Waals surface area contributed by atoms with E-state index in [4.69, 9.17) is 15.7 Å². The van der Waals surface area contributed by atoms with E-state index in [0.29, 0.717) is 30.0 Å². The Morgan fingerprint density at radius 2 is 2.27 bits per heavy atom. The number of ether oxygens (including phenoxy) is 1. The van der Waals surface area contributed by atoms with Crippen LogP contribution in [0.5, 0.6) is 5.75 Å². The maximum Gasteiger partial charge on any atom is 0.227 e. The molecule has 0 aromatic heterocycles. The van der Waals surface area contributed by atoms with Crippen molar-refractivity contribution in [1.29, 1.82) is 5.26 Å². The molecule has 1 saturated heterocycles. The monoisotopic (exact) mass is 301 g/mol. The zero-order valence-electron chi connectivity index (χ0n) is 12.5. The summed E-state index contributed by atoms with van der Waals surface area (Å²) in [5.74, 6) is -0.284. The molecule has 1 aromatic carbocycles.